The highest BCUT2D eigenvalue weighted by molar-refractivity contribution is 5.26. The van der Waals surface area contributed by atoms with E-state index in [2.05, 4.69) is 25.2 Å². The molecule has 1 unspecified atom stereocenters. The van der Waals surface area contributed by atoms with Gasteiger partial charge in [-0.25, -0.2) is 4.39 Å². The van der Waals surface area contributed by atoms with E-state index in [1.807, 2.05) is 6.92 Å². The molecule has 1 rings (SSSR count). The van der Waals surface area contributed by atoms with Gasteiger partial charge in [-0.15, -0.1) is 0 Å². The van der Waals surface area contributed by atoms with Gasteiger partial charge in [-0.1, -0.05) is 19.9 Å². The molecule has 0 heterocycles. The topological polar surface area (TPSA) is 12.0 Å². The number of benzene rings is 1. The molecule has 15 heavy (non-hydrogen) atoms. The fourth-order valence-electron chi connectivity index (χ4n) is 1.71. The normalized spacial score (nSPS) is 12.8. The van der Waals surface area contributed by atoms with Crippen LogP contribution in [-0.4, -0.2) is 13.1 Å². The van der Waals surface area contributed by atoms with Gasteiger partial charge in [0, 0.05) is 0 Å². The molecule has 0 aromatic heterocycles. The molecule has 2 heteroatoms. The molecule has 0 amide bonds. The lowest BCUT2D eigenvalue weighted by atomic mass is 9.96. The highest BCUT2D eigenvalue weighted by Crippen LogP contribution is 2.20. The van der Waals surface area contributed by atoms with Gasteiger partial charge in [0.1, 0.15) is 5.82 Å². The van der Waals surface area contributed by atoms with Gasteiger partial charge in [-0.3, -0.25) is 0 Å². The zero-order valence-corrected chi connectivity index (χ0v) is 9.81. The molecular formula is C13H20FN. The molecular weight excluding hydrogens is 189 g/mol. The van der Waals surface area contributed by atoms with Crippen molar-refractivity contribution in [1.29, 1.82) is 0 Å². The van der Waals surface area contributed by atoms with E-state index in [1.165, 1.54) is 0 Å². The second kappa shape index (κ2) is 5.86. The fourth-order valence-corrected chi connectivity index (χ4v) is 1.71. The zero-order chi connectivity index (χ0) is 11.3. The van der Waals surface area contributed by atoms with Gasteiger partial charge in [0.2, 0.25) is 0 Å². The van der Waals surface area contributed by atoms with Crippen molar-refractivity contribution in [3.8, 4) is 0 Å². The molecule has 1 nitrogen and oxygen atoms in total. The molecule has 1 atom stereocenters. The Morgan fingerprint density at radius 1 is 1.33 bits per heavy atom. The molecule has 1 aromatic carbocycles. The predicted octanol–water partition coefficient (Wildman–Crippen LogP) is 3.24. The monoisotopic (exact) mass is 209 g/mol. The molecule has 0 aliphatic heterocycles. The number of hydrogen-bond acceptors (Lipinski definition) is 1. The summed E-state index contributed by atoms with van der Waals surface area (Å²) in [5.41, 5.74) is 2.10. The average Bonchev–Trinajstić information content (AvgIpc) is 2.16. The SMILES string of the molecule is CCNCCC(C)c1cc(C)cc(F)c1. The standard InChI is InChI=1S/C13H20FN/c1-4-15-6-5-11(3)12-7-10(2)8-13(14)9-12/h7-9,11,15H,4-6H2,1-3H3. The fraction of sp³-hybridized carbons (Fsp3) is 0.538. The first kappa shape index (κ1) is 12.2. The first-order valence-corrected chi connectivity index (χ1v) is 5.61. The van der Waals surface area contributed by atoms with Crippen molar-refractivity contribution in [1.82, 2.24) is 5.32 Å². The van der Waals surface area contributed by atoms with Crippen LogP contribution in [0.2, 0.25) is 0 Å². The summed E-state index contributed by atoms with van der Waals surface area (Å²) in [7, 11) is 0. The Kier molecular flexibility index (Phi) is 4.76. The van der Waals surface area contributed by atoms with Crippen LogP contribution in [0.3, 0.4) is 0 Å². The molecule has 84 valence electrons. The summed E-state index contributed by atoms with van der Waals surface area (Å²) in [5, 5.41) is 3.28. The van der Waals surface area contributed by atoms with Gasteiger partial charge in [0.15, 0.2) is 0 Å². The van der Waals surface area contributed by atoms with Crippen LogP contribution in [0, 0.1) is 12.7 Å². The minimum absolute atomic E-state index is 0.125. The summed E-state index contributed by atoms with van der Waals surface area (Å²) in [6, 6.07) is 5.28. The van der Waals surface area contributed by atoms with E-state index in [4.69, 9.17) is 0 Å². The maximum atomic E-state index is 13.2. The number of halogens is 1. The molecule has 1 aromatic rings. The van der Waals surface area contributed by atoms with Crippen molar-refractivity contribution in [2.75, 3.05) is 13.1 Å². The molecule has 0 aliphatic rings. The molecule has 0 aliphatic carbocycles. The third kappa shape index (κ3) is 4.00. The van der Waals surface area contributed by atoms with Crippen molar-refractivity contribution < 1.29 is 4.39 Å². The first-order valence-electron chi connectivity index (χ1n) is 5.61. The van der Waals surface area contributed by atoms with E-state index in [1.54, 1.807) is 12.1 Å². The Balaban J connectivity index is 2.60. The summed E-state index contributed by atoms with van der Waals surface area (Å²) in [6.45, 7) is 8.16. The van der Waals surface area contributed by atoms with Crippen LogP contribution in [-0.2, 0) is 0 Å². The second-order valence-electron chi connectivity index (χ2n) is 4.11. The quantitative estimate of drug-likeness (QED) is 0.734. The Bertz CT molecular complexity index is 289. The van der Waals surface area contributed by atoms with Crippen molar-refractivity contribution in [3.63, 3.8) is 0 Å². The van der Waals surface area contributed by atoms with E-state index >= 15 is 0 Å². The third-order valence-corrected chi connectivity index (χ3v) is 2.64. The summed E-state index contributed by atoms with van der Waals surface area (Å²) < 4.78 is 13.2. The Hall–Kier alpha value is -0.890. The summed E-state index contributed by atoms with van der Waals surface area (Å²) in [6.07, 6.45) is 1.05. The summed E-state index contributed by atoms with van der Waals surface area (Å²) in [5.74, 6) is 0.291. The zero-order valence-electron chi connectivity index (χ0n) is 9.81. The maximum Gasteiger partial charge on any atom is 0.123 e. The Morgan fingerprint density at radius 3 is 2.67 bits per heavy atom. The van der Waals surface area contributed by atoms with E-state index in [0.29, 0.717) is 5.92 Å². The summed E-state index contributed by atoms with van der Waals surface area (Å²) >= 11 is 0. The van der Waals surface area contributed by atoms with Crippen LogP contribution in [0.4, 0.5) is 4.39 Å². The smallest absolute Gasteiger partial charge is 0.123 e. The van der Waals surface area contributed by atoms with Crippen molar-refractivity contribution in [2.45, 2.75) is 33.1 Å². The molecule has 0 radical (unpaired) electrons. The maximum absolute atomic E-state index is 13.2. The van der Waals surface area contributed by atoms with Crippen LogP contribution in [0.15, 0.2) is 18.2 Å². The van der Waals surface area contributed by atoms with Gasteiger partial charge in [-0.05, 0) is 55.6 Å². The predicted molar refractivity (Wildman–Crippen MR) is 62.7 cm³/mol. The van der Waals surface area contributed by atoms with Crippen LogP contribution in [0.25, 0.3) is 0 Å². The largest absolute Gasteiger partial charge is 0.317 e. The Labute approximate surface area is 91.7 Å². The van der Waals surface area contributed by atoms with Gasteiger partial charge in [0.05, 0.1) is 0 Å². The summed E-state index contributed by atoms with van der Waals surface area (Å²) in [4.78, 5) is 0. The molecule has 1 N–H and O–H groups in total. The van der Waals surface area contributed by atoms with Crippen molar-refractivity contribution >= 4 is 0 Å². The number of hydrogen-bond donors (Lipinski definition) is 1. The number of aryl methyl sites for hydroxylation is 1. The molecule has 0 saturated heterocycles. The van der Waals surface area contributed by atoms with Crippen LogP contribution in [0.5, 0.6) is 0 Å². The molecule has 0 spiro atoms. The lowest BCUT2D eigenvalue weighted by Crippen LogP contribution is -2.16. The first-order chi connectivity index (χ1) is 7.13. The molecule has 0 bridgehead atoms. The third-order valence-electron chi connectivity index (χ3n) is 2.64. The highest BCUT2D eigenvalue weighted by Gasteiger charge is 2.06. The van der Waals surface area contributed by atoms with Crippen molar-refractivity contribution in [2.24, 2.45) is 0 Å². The van der Waals surface area contributed by atoms with Crippen LogP contribution in [0.1, 0.15) is 37.3 Å². The lowest BCUT2D eigenvalue weighted by Gasteiger charge is -2.13. The van der Waals surface area contributed by atoms with Crippen molar-refractivity contribution in [3.05, 3.63) is 35.1 Å². The van der Waals surface area contributed by atoms with Gasteiger partial charge in [0.25, 0.3) is 0 Å². The van der Waals surface area contributed by atoms with Gasteiger partial charge >= 0.3 is 0 Å². The molecule has 0 saturated carbocycles. The van der Waals surface area contributed by atoms with E-state index in [9.17, 15) is 4.39 Å². The van der Waals surface area contributed by atoms with E-state index < -0.39 is 0 Å². The lowest BCUT2D eigenvalue weighted by molar-refractivity contribution is 0.594. The Morgan fingerprint density at radius 2 is 2.07 bits per heavy atom. The van der Waals surface area contributed by atoms with Crippen LogP contribution >= 0.6 is 0 Å². The van der Waals surface area contributed by atoms with E-state index in [-0.39, 0.29) is 5.82 Å². The second-order valence-corrected chi connectivity index (χ2v) is 4.11. The molecule has 0 fully saturated rings. The van der Waals surface area contributed by atoms with Crippen LogP contribution < -0.4 is 5.32 Å². The minimum Gasteiger partial charge on any atom is -0.317 e. The number of rotatable bonds is 5. The highest BCUT2D eigenvalue weighted by atomic mass is 19.1. The van der Waals surface area contributed by atoms with E-state index in [0.717, 1.165) is 30.6 Å². The van der Waals surface area contributed by atoms with Gasteiger partial charge < -0.3 is 5.32 Å². The minimum atomic E-state index is -0.125. The van der Waals surface area contributed by atoms with Gasteiger partial charge in [-0.2, -0.15) is 0 Å². The average molecular weight is 209 g/mol. The number of nitrogens with one attached hydrogen (secondary N) is 1.